The van der Waals surface area contributed by atoms with E-state index in [-0.39, 0.29) is 23.1 Å². The van der Waals surface area contributed by atoms with Gasteiger partial charge in [-0.05, 0) is 36.4 Å². The number of nitrogens with zero attached hydrogens (tertiary/aromatic N) is 1. The Bertz CT molecular complexity index is 785. The van der Waals surface area contributed by atoms with E-state index in [1.54, 1.807) is 11.0 Å². The number of halogens is 1. The summed E-state index contributed by atoms with van der Waals surface area (Å²) in [5, 5.41) is 3.90. The van der Waals surface area contributed by atoms with E-state index in [0.29, 0.717) is 36.6 Å². The zero-order valence-corrected chi connectivity index (χ0v) is 13.3. The zero-order chi connectivity index (χ0) is 16.0. The molecule has 2 amide bonds. The van der Waals surface area contributed by atoms with Crippen molar-refractivity contribution in [1.29, 1.82) is 0 Å². The molecule has 2 saturated heterocycles. The van der Waals surface area contributed by atoms with Crippen molar-refractivity contribution in [1.82, 2.24) is 10.2 Å². The molecule has 6 heteroatoms. The molecule has 2 fully saturated rings. The molecule has 1 aromatic heterocycles. The lowest BCUT2D eigenvalue weighted by Crippen LogP contribution is -2.39. The van der Waals surface area contributed by atoms with Gasteiger partial charge in [-0.1, -0.05) is 18.2 Å². The molecule has 4 rings (SSSR count). The minimum atomic E-state index is -0.123. The van der Waals surface area contributed by atoms with E-state index in [9.17, 15) is 9.59 Å². The van der Waals surface area contributed by atoms with Crippen LogP contribution in [-0.2, 0) is 4.79 Å². The van der Waals surface area contributed by atoms with E-state index < -0.39 is 0 Å². The van der Waals surface area contributed by atoms with Crippen molar-refractivity contribution in [3.8, 4) is 0 Å². The van der Waals surface area contributed by atoms with Gasteiger partial charge in [0.05, 0.1) is 6.04 Å². The Balaban J connectivity index is 1.62. The van der Waals surface area contributed by atoms with Crippen molar-refractivity contribution in [2.45, 2.75) is 25.3 Å². The number of amides is 2. The molecule has 3 heterocycles. The number of furan rings is 1. The monoisotopic (exact) mass is 332 g/mol. The van der Waals surface area contributed by atoms with Crippen LogP contribution in [0, 0.1) is 5.92 Å². The Hall–Kier alpha value is -2.01. The quantitative estimate of drug-likeness (QED) is 0.873. The molecule has 0 radical (unpaired) electrons. The Morgan fingerprint density at radius 2 is 2.13 bits per heavy atom. The topological polar surface area (TPSA) is 62.6 Å². The number of carbonyl (C=O) groups excluding carboxylic acids is 2. The van der Waals surface area contributed by atoms with E-state index in [2.05, 4.69) is 5.32 Å². The van der Waals surface area contributed by atoms with Gasteiger partial charge in [-0.3, -0.25) is 9.59 Å². The highest BCUT2D eigenvalue weighted by Gasteiger charge is 2.38. The Kier molecular flexibility index (Phi) is 3.53. The number of likely N-dealkylation sites (tertiary alicyclic amines) is 1. The molecular formula is C17H17ClN2O3. The average molecular weight is 333 g/mol. The van der Waals surface area contributed by atoms with Crippen molar-refractivity contribution in [2.24, 2.45) is 5.92 Å². The van der Waals surface area contributed by atoms with E-state index in [1.165, 1.54) is 0 Å². The zero-order valence-electron chi connectivity index (χ0n) is 12.5. The van der Waals surface area contributed by atoms with E-state index in [0.717, 1.165) is 18.2 Å². The molecule has 1 aromatic carbocycles. The van der Waals surface area contributed by atoms with E-state index in [4.69, 9.17) is 16.0 Å². The van der Waals surface area contributed by atoms with Gasteiger partial charge in [-0.25, -0.2) is 0 Å². The summed E-state index contributed by atoms with van der Waals surface area (Å²) in [6, 6.07) is 7.39. The van der Waals surface area contributed by atoms with Gasteiger partial charge < -0.3 is 14.6 Å². The first-order valence-electron chi connectivity index (χ1n) is 7.89. The van der Waals surface area contributed by atoms with Crippen LogP contribution in [0.25, 0.3) is 11.0 Å². The number of fused-ring (bicyclic) bond motifs is 2. The summed E-state index contributed by atoms with van der Waals surface area (Å²) in [6.07, 6.45) is 2.43. The molecular weight excluding hydrogens is 316 g/mol. The number of hydrogen-bond donors (Lipinski definition) is 1. The maximum absolute atomic E-state index is 12.9. The fraction of sp³-hybridized carbons (Fsp3) is 0.412. The molecule has 5 nitrogen and oxygen atoms in total. The van der Waals surface area contributed by atoms with Crippen LogP contribution in [0.4, 0.5) is 0 Å². The molecule has 2 unspecified atom stereocenters. The molecule has 0 aliphatic carbocycles. The highest BCUT2D eigenvalue weighted by atomic mass is 35.5. The number of carbonyl (C=O) groups is 2. The molecule has 0 saturated carbocycles. The fourth-order valence-corrected chi connectivity index (χ4v) is 3.94. The van der Waals surface area contributed by atoms with E-state index in [1.807, 2.05) is 18.2 Å². The number of benzene rings is 1. The minimum absolute atomic E-state index is 0.0471. The standard InChI is InChI=1S/C17H17ClN2O3/c18-16-15(11-5-1-2-6-13(11)23-16)17(22)20-8-10-4-3-7-14(21)19-12(10)9-20/h1-2,5-6,10,12H,3-4,7-9H2,(H,19,21). The largest absolute Gasteiger partial charge is 0.444 e. The molecule has 23 heavy (non-hydrogen) atoms. The Morgan fingerprint density at radius 1 is 1.30 bits per heavy atom. The molecule has 0 spiro atoms. The van der Waals surface area contributed by atoms with Crippen LogP contribution >= 0.6 is 11.6 Å². The first-order chi connectivity index (χ1) is 11.1. The third-order valence-electron chi connectivity index (χ3n) is 4.82. The van der Waals surface area contributed by atoms with Crippen LogP contribution in [0.15, 0.2) is 28.7 Å². The minimum Gasteiger partial charge on any atom is -0.444 e. The highest BCUT2D eigenvalue weighted by Crippen LogP contribution is 2.33. The molecule has 2 aromatic rings. The molecule has 2 atom stereocenters. The van der Waals surface area contributed by atoms with Crippen molar-refractivity contribution < 1.29 is 14.0 Å². The Morgan fingerprint density at radius 3 is 3.00 bits per heavy atom. The smallest absolute Gasteiger partial charge is 0.259 e. The molecule has 2 aliphatic heterocycles. The predicted molar refractivity (Wildman–Crippen MR) is 86.4 cm³/mol. The normalized spacial score (nSPS) is 24.4. The summed E-state index contributed by atoms with van der Waals surface area (Å²) in [5.74, 6) is 0.281. The van der Waals surface area contributed by atoms with Crippen LogP contribution in [0.2, 0.25) is 5.22 Å². The molecule has 120 valence electrons. The first-order valence-corrected chi connectivity index (χ1v) is 8.27. The van der Waals surface area contributed by atoms with Gasteiger partial charge in [0.15, 0.2) is 0 Å². The first kappa shape index (κ1) is 14.6. The lowest BCUT2D eigenvalue weighted by Gasteiger charge is -2.16. The second-order valence-electron chi connectivity index (χ2n) is 6.28. The number of para-hydroxylation sites is 1. The second kappa shape index (κ2) is 5.57. The summed E-state index contributed by atoms with van der Waals surface area (Å²) in [6.45, 7) is 1.19. The van der Waals surface area contributed by atoms with Crippen molar-refractivity contribution >= 4 is 34.4 Å². The van der Waals surface area contributed by atoms with Crippen molar-refractivity contribution in [3.05, 3.63) is 35.0 Å². The van der Waals surface area contributed by atoms with Gasteiger partial charge >= 0.3 is 0 Å². The number of hydrogen-bond acceptors (Lipinski definition) is 3. The maximum Gasteiger partial charge on any atom is 0.259 e. The lowest BCUT2D eigenvalue weighted by molar-refractivity contribution is -0.121. The van der Waals surface area contributed by atoms with Gasteiger partial charge in [0, 0.05) is 24.9 Å². The summed E-state index contributed by atoms with van der Waals surface area (Å²) in [5.41, 5.74) is 1.03. The Labute approximate surface area is 138 Å². The van der Waals surface area contributed by atoms with E-state index >= 15 is 0 Å². The lowest BCUT2D eigenvalue weighted by atomic mass is 9.99. The van der Waals surface area contributed by atoms with Crippen LogP contribution in [0.5, 0.6) is 0 Å². The van der Waals surface area contributed by atoms with Crippen molar-refractivity contribution in [2.75, 3.05) is 13.1 Å². The van der Waals surface area contributed by atoms with Gasteiger partial charge in [-0.15, -0.1) is 0 Å². The maximum atomic E-state index is 12.9. The van der Waals surface area contributed by atoms with Crippen LogP contribution < -0.4 is 5.32 Å². The third-order valence-corrected chi connectivity index (χ3v) is 5.09. The molecule has 2 aliphatic rings. The molecule has 0 bridgehead atoms. The van der Waals surface area contributed by atoms with Gasteiger partial charge in [0.25, 0.3) is 5.91 Å². The second-order valence-corrected chi connectivity index (χ2v) is 6.63. The SMILES string of the molecule is O=C1CCCC2CN(C(=O)c3c(Cl)oc4ccccc34)CC2N1. The highest BCUT2D eigenvalue weighted by molar-refractivity contribution is 6.34. The summed E-state index contributed by atoms with van der Waals surface area (Å²) < 4.78 is 5.48. The van der Waals surface area contributed by atoms with Crippen LogP contribution in [0.3, 0.4) is 0 Å². The summed E-state index contributed by atoms with van der Waals surface area (Å²) in [4.78, 5) is 26.4. The predicted octanol–water partition coefficient (Wildman–Crippen LogP) is 2.83. The number of nitrogens with one attached hydrogen (secondary N) is 1. The van der Waals surface area contributed by atoms with Gasteiger partial charge in [0.2, 0.25) is 11.1 Å². The van der Waals surface area contributed by atoms with Crippen LogP contribution in [-0.4, -0.2) is 35.8 Å². The summed E-state index contributed by atoms with van der Waals surface area (Å²) in [7, 11) is 0. The third kappa shape index (κ3) is 2.49. The number of rotatable bonds is 1. The van der Waals surface area contributed by atoms with Crippen molar-refractivity contribution in [3.63, 3.8) is 0 Å². The average Bonchev–Trinajstić information content (AvgIpc) is 3.02. The van der Waals surface area contributed by atoms with Crippen LogP contribution in [0.1, 0.15) is 29.6 Å². The summed E-state index contributed by atoms with van der Waals surface area (Å²) >= 11 is 6.16. The van der Waals surface area contributed by atoms with Gasteiger partial charge in [-0.2, -0.15) is 0 Å². The molecule has 1 N–H and O–H groups in total. The van der Waals surface area contributed by atoms with Gasteiger partial charge in [0.1, 0.15) is 11.1 Å². The fourth-order valence-electron chi connectivity index (χ4n) is 3.67.